The highest BCUT2D eigenvalue weighted by Crippen LogP contribution is 2.07. The average molecular weight is 225 g/mol. The Hall–Kier alpha value is -1.27. The third kappa shape index (κ3) is 2.60. The van der Waals surface area contributed by atoms with Gasteiger partial charge in [-0.3, -0.25) is 20.2 Å². The van der Waals surface area contributed by atoms with Crippen molar-refractivity contribution in [2.45, 2.75) is 25.4 Å². The lowest BCUT2D eigenvalue weighted by atomic mass is 10.1. The highest BCUT2D eigenvalue weighted by atomic mass is 32.1. The normalized spacial score (nSPS) is 21.5. The molecule has 15 heavy (non-hydrogen) atoms. The van der Waals surface area contributed by atoms with Crippen molar-refractivity contribution in [1.82, 2.24) is 15.6 Å². The number of carbonyl (C=O) groups is 2. The molecule has 2 N–H and O–H groups in total. The molecule has 0 radical (unpaired) electrons. The molecule has 1 unspecified atom stereocenters. The lowest BCUT2D eigenvalue weighted by molar-refractivity contribution is -0.134. The van der Waals surface area contributed by atoms with Crippen molar-refractivity contribution in [3.05, 3.63) is 16.6 Å². The number of rotatable bonds is 3. The van der Waals surface area contributed by atoms with Crippen LogP contribution in [0.25, 0.3) is 0 Å². The van der Waals surface area contributed by atoms with E-state index in [2.05, 4.69) is 15.6 Å². The summed E-state index contributed by atoms with van der Waals surface area (Å²) in [6.45, 7) is 0.573. The van der Waals surface area contributed by atoms with Gasteiger partial charge in [-0.25, -0.2) is 4.98 Å². The fraction of sp³-hybridized carbons (Fsp3) is 0.444. The van der Waals surface area contributed by atoms with Crippen LogP contribution in [-0.2, 0) is 16.1 Å². The number of thiazole rings is 1. The number of imide groups is 1. The molecular weight excluding hydrogens is 214 g/mol. The van der Waals surface area contributed by atoms with E-state index in [4.69, 9.17) is 0 Å². The van der Waals surface area contributed by atoms with Gasteiger partial charge in [-0.2, -0.15) is 0 Å². The van der Waals surface area contributed by atoms with Crippen LogP contribution in [-0.4, -0.2) is 22.8 Å². The Balaban J connectivity index is 1.85. The predicted octanol–water partition coefficient (Wildman–Crippen LogP) is 0.0379. The van der Waals surface area contributed by atoms with Gasteiger partial charge in [0.2, 0.25) is 11.8 Å². The van der Waals surface area contributed by atoms with Crippen LogP contribution in [0.1, 0.15) is 17.8 Å². The van der Waals surface area contributed by atoms with Crippen LogP contribution in [0.5, 0.6) is 0 Å². The Kier molecular flexibility index (Phi) is 3.08. The molecule has 1 aromatic heterocycles. The number of aromatic nitrogens is 1. The van der Waals surface area contributed by atoms with Gasteiger partial charge in [0.25, 0.3) is 0 Å². The summed E-state index contributed by atoms with van der Waals surface area (Å²) in [4.78, 5) is 26.3. The van der Waals surface area contributed by atoms with Gasteiger partial charge in [-0.1, -0.05) is 0 Å². The SMILES string of the molecule is O=C1CCC(NCc2nccs2)C(=O)N1. The van der Waals surface area contributed by atoms with E-state index in [0.717, 1.165) is 5.01 Å². The summed E-state index contributed by atoms with van der Waals surface area (Å²) in [6.07, 6.45) is 2.70. The molecule has 5 nitrogen and oxygen atoms in total. The molecule has 1 atom stereocenters. The molecule has 2 heterocycles. The maximum Gasteiger partial charge on any atom is 0.243 e. The molecule has 1 aliphatic heterocycles. The molecule has 6 heteroatoms. The lowest BCUT2D eigenvalue weighted by Crippen LogP contribution is -2.50. The van der Waals surface area contributed by atoms with Crippen molar-refractivity contribution in [2.24, 2.45) is 0 Å². The van der Waals surface area contributed by atoms with Gasteiger partial charge >= 0.3 is 0 Å². The fourth-order valence-corrected chi connectivity index (χ4v) is 2.01. The van der Waals surface area contributed by atoms with E-state index in [9.17, 15) is 9.59 Å². The molecule has 0 bridgehead atoms. The first kappa shape index (κ1) is 10.3. The van der Waals surface area contributed by atoms with Crippen LogP contribution in [0, 0.1) is 0 Å². The summed E-state index contributed by atoms with van der Waals surface area (Å²) in [7, 11) is 0. The third-order valence-electron chi connectivity index (χ3n) is 2.22. The van der Waals surface area contributed by atoms with Gasteiger partial charge in [-0.05, 0) is 6.42 Å². The van der Waals surface area contributed by atoms with Crippen LogP contribution in [0.15, 0.2) is 11.6 Å². The molecule has 0 saturated carbocycles. The molecule has 2 rings (SSSR count). The second-order valence-electron chi connectivity index (χ2n) is 3.31. The summed E-state index contributed by atoms with van der Waals surface area (Å²) in [6, 6.07) is -0.272. The van der Waals surface area contributed by atoms with E-state index in [0.29, 0.717) is 19.4 Å². The molecule has 1 saturated heterocycles. The smallest absolute Gasteiger partial charge is 0.243 e. The third-order valence-corrected chi connectivity index (χ3v) is 3.00. The predicted molar refractivity (Wildman–Crippen MR) is 55.1 cm³/mol. The second-order valence-corrected chi connectivity index (χ2v) is 4.29. The van der Waals surface area contributed by atoms with Gasteiger partial charge in [0, 0.05) is 24.5 Å². The molecule has 0 aliphatic carbocycles. The summed E-state index contributed by atoms with van der Waals surface area (Å²) in [5, 5.41) is 8.21. The van der Waals surface area contributed by atoms with Gasteiger partial charge in [0.15, 0.2) is 0 Å². The van der Waals surface area contributed by atoms with E-state index >= 15 is 0 Å². The van der Waals surface area contributed by atoms with E-state index < -0.39 is 0 Å². The maximum absolute atomic E-state index is 11.4. The van der Waals surface area contributed by atoms with Gasteiger partial charge < -0.3 is 0 Å². The second kappa shape index (κ2) is 4.50. The number of piperidine rings is 1. The zero-order chi connectivity index (χ0) is 10.7. The van der Waals surface area contributed by atoms with E-state index in [1.54, 1.807) is 17.5 Å². The highest BCUT2D eigenvalue weighted by molar-refractivity contribution is 7.09. The Morgan fingerprint density at radius 3 is 3.13 bits per heavy atom. The molecule has 80 valence electrons. The quantitative estimate of drug-likeness (QED) is 0.712. The topological polar surface area (TPSA) is 71.1 Å². The molecule has 1 aliphatic rings. The molecular formula is C9H11N3O2S. The summed E-state index contributed by atoms with van der Waals surface area (Å²) in [5.74, 6) is -0.421. The zero-order valence-electron chi connectivity index (χ0n) is 8.03. The van der Waals surface area contributed by atoms with Crippen LogP contribution < -0.4 is 10.6 Å². The molecule has 0 aromatic carbocycles. The highest BCUT2D eigenvalue weighted by Gasteiger charge is 2.25. The van der Waals surface area contributed by atoms with Crippen LogP contribution in [0.4, 0.5) is 0 Å². The largest absolute Gasteiger partial charge is 0.299 e. The van der Waals surface area contributed by atoms with Crippen molar-refractivity contribution in [3.63, 3.8) is 0 Å². The van der Waals surface area contributed by atoms with Crippen molar-refractivity contribution in [1.29, 1.82) is 0 Å². The van der Waals surface area contributed by atoms with Gasteiger partial charge in [-0.15, -0.1) is 11.3 Å². The van der Waals surface area contributed by atoms with Crippen LogP contribution >= 0.6 is 11.3 Å². The monoisotopic (exact) mass is 225 g/mol. The summed E-state index contributed by atoms with van der Waals surface area (Å²) < 4.78 is 0. The number of carbonyl (C=O) groups excluding carboxylic acids is 2. The van der Waals surface area contributed by atoms with Crippen molar-refractivity contribution >= 4 is 23.2 Å². The minimum atomic E-state index is -0.272. The number of nitrogens with one attached hydrogen (secondary N) is 2. The zero-order valence-corrected chi connectivity index (χ0v) is 8.84. The maximum atomic E-state index is 11.4. The first-order chi connectivity index (χ1) is 7.25. The van der Waals surface area contributed by atoms with E-state index in [1.165, 1.54) is 0 Å². The van der Waals surface area contributed by atoms with Crippen molar-refractivity contribution in [3.8, 4) is 0 Å². The number of nitrogens with zero attached hydrogens (tertiary/aromatic N) is 1. The Bertz CT molecular complexity index is 363. The van der Waals surface area contributed by atoms with Crippen molar-refractivity contribution < 1.29 is 9.59 Å². The summed E-state index contributed by atoms with van der Waals surface area (Å²) >= 11 is 1.54. The lowest BCUT2D eigenvalue weighted by Gasteiger charge is -2.21. The molecule has 0 spiro atoms. The fourth-order valence-electron chi connectivity index (χ4n) is 1.44. The first-order valence-electron chi connectivity index (χ1n) is 4.71. The molecule has 1 aromatic rings. The van der Waals surface area contributed by atoms with Gasteiger partial charge in [0.1, 0.15) is 5.01 Å². The first-order valence-corrected chi connectivity index (χ1v) is 5.59. The number of hydrogen-bond acceptors (Lipinski definition) is 5. The molecule has 1 fully saturated rings. The Labute approximate surface area is 90.9 Å². The Morgan fingerprint density at radius 2 is 2.47 bits per heavy atom. The van der Waals surface area contributed by atoms with E-state index in [1.807, 2.05) is 5.38 Å². The standard InChI is InChI=1S/C9H11N3O2S/c13-7-2-1-6(9(14)12-7)11-5-8-10-3-4-15-8/h3-4,6,11H,1-2,5H2,(H,12,13,14). The van der Waals surface area contributed by atoms with Crippen LogP contribution in [0.2, 0.25) is 0 Å². The van der Waals surface area contributed by atoms with Gasteiger partial charge in [0.05, 0.1) is 6.04 Å². The van der Waals surface area contributed by atoms with E-state index in [-0.39, 0.29) is 17.9 Å². The van der Waals surface area contributed by atoms with Crippen molar-refractivity contribution in [2.75, 3.05) is 0 Å². The molecule has 2 amide bonds. The minimum Gasteiger partial charge on any atom is -0.299 e. The number of amides is 2. The number of hydrogen-bond donors (Lipinski definition) is 2. The average Bonchev–Trinajstić information content (AvgIpc) is 2.69. The van der Waals surface area contributed by atoms with Crippen LogP contribution in [0.3, 0.4) is 0 Å². The Morgan fingerprint density at radius 1 is 1.60 bits per heavy atom. The summed E-state index contributed by atoms with van der Waals surface area (Å²) in [5.41, 5.74) is 0. The minimum absolute atomic E-state index is 0.188.